The number of aromatic nitrogens is 1. The van der Waals surface area contributed by atoms with E-state index in [9.17, 15) is 13.2 Å². The van der Waals surface area contributed by atoms with E-state index in [2.05, 4.69) is 20.9 Å². The molecule has 1 aromatic rings. The number of rotatable bonds is 1. The van der Waals surface area contributed by atoms with Crippen LogP contribution in [-0.4, -0.2) is 48.3 Å². The molecule has 2 heterocycles. The molecule has 0 saturated carbocycles. The fraction of sp³-hybridized carbons (Fsp3) is 0.455. The molecule has 1 aliphatic rings. The summed E-state index contributed by atoms with van der Waals surface area (Å²) in [5, 5.41) is 0. The summed E-state index contributed by atoms with van der Waals surface area (Å²) in [6, 6.07) is 3.06. The summed E-state index contributed by atoms with van der Waals surface area (Å²) in [4.78, 5) is 17.9. The zero-order chi connectivity index (χ0) is 13.3. The second-order valence-corrected chi connectivity index (χ2v) is 7.28. The number of carbonyl (C=O) groups excluding carboxylic acids is 1. The van der Waals surface area contributed by atoms with Crippen LogP contribution in [0.2, 0.25) is 0 Å². The second-order valence-electron chi connectivity index (χ2n) is 4.30. The fourth-order valence-electron chi connectivity index (χ4n) is 2.00. The third kappa shape index (κ3) is 2.72. The Kier molecular flexibility index (Phi) is 3.72. The predicted octanol–water partition coefficient (Wildman–Crippen LogP) is 1.10. The van der Waals surface area contributed by atoms with Gasteiger partial charge in [0.25, 0.3) is 5.91 Å². The zero-order valence-electron chi connectivity index (χ0n) is 9.84. The number of halogens is 1. The van der Waals surface area contributed by atoms with Gasteiger partial charge in [-0.3, -0.25) is 4.79 Å². The first-order valence-corrected chi connectivity index (χ1v) is 8.14. The van der Waals surface area contributed by atoms with Crippen LogP contribution in [0.3, 0.4) is 0 Å². The van der Waals surface area contributed by atoms with Crippen molar-refractivity contribution in [1.29, 1.82) is 0 Å². The van der Waals surface area contributed by atoms with Crippen molar-refractivity contribution in [2.75, 3.05) is 18.1 Å². The van der Waals surface area contributed by atoms with E-state index in [1.54, 1.807) is 30.2 Å². The largest absolute Gasteiger partial charge is 0.334 e. The lowest BCUT2D eigenvalue weighted by Gasteiger charge is -2.33. The van der Waals surface area contributed by atoms with E-state index in [-0.39, 0.29) is 30.0 Å². The Morgan fingerprint density at radius 3 is 2.89 bits per heavy atom. The Morgan fingerprint density at radius 2 is 2.28 bits per heavy atom. The van der Waals surface area contributed by atoms with E-state index in [0.29, 0.717) is 10.2 Å². The molecular weight excluding hydrogens is 320 g/mol. The van der Waals surface area contributed by atoms with Crippen LogP contribution in [0.25, 0.3) is 0 Å². The van der Waals surface area contributed by atoms with Gasteiger partial charge in [0.05, 0.1) is 17.1 Å². The molecule has 0 radical (unpaired) electrons. The Bertz CT molecular complexity index is 573. The second kappa shape index (κ2) is 4.97. The molecule has 0 aliphatic carbocycles. The third-order valence-corrected chi connectivity index (χ3v) is 5.35. The number of carbonyl (C=O) groups is 1. The number of hydrogen-bond acceptors (Lipinski definition) is 4. The van der Waals surface area contributed by atoms with Crippen LogP contribution in [0.5, 0.6) is 0 Å². The molecule has 1 unspecified atom stereocenters. The first-order chi connectivity index (χ1) is 8.41. The molecule has 0 aromatic carbocycles. The summed E-state index contributed by atoms with van der Waals surface area (Å²) in [5.41, 5.74) is 0.462. The summed E-state index contributed by atoms with van der Waals surface area (Å²) in [6.07, 6.45) is 1.59. The van der Waals surface area contributed by atoms with Gasteiger partial charge < -0.3 is 4.90 Å². The van der Waals surface area contributed by atoms with Gasteiger partial charge in [-0.25, -0.2) is 13.4 Å². The molecule has 1 aromatic heterocycles. The minimum atomic E-state index is -3.01. The molecule has 7 heteroatoms. The van der Waals surface area contributed by atoms with E-state index < -0.39 is 9.84 Å². The molecule has 0 N–H and O–H groups in total. The quantitative estimate of drug-likeness (QED) is 0.722. The first-order valence-electron chi connectivity index (χ1n) is 5.52. The molecule has 1 fully saturated rings. The molecule has 1 atom stereocenters. The summed E-state index contributed by atoms with van der Waals surface area (Å²) in [5.74, 6) is -0.130. The van der Waals surface area contributed by atoms with Crippen molar-refractivity contribution < 1.29 is 13.2 Å². The predicted molar refractivity (Wildman–Crippen MR) is 71.1 cm³/mol. The van der Waals surface area contributed by atoms with Crippen LogP contribution in [0.4, 0.5) is 0 Å². The topological polar surface area (TPSA) is 67.3 Å². The number of pyridine rings is 1. The molecule has 1 saturated heterocycles. The number of amides is 1. The lowest BCUT2D eigenvalue weighted by Crippen LogP contribution is -2.49. The maximum atomic E-state index is 12.3. The summed E-state index contributed by atoms with van der Waals surface area (Å²) >= 11 is 3.23. The van der Waals surface area contributed by atoms with Gasteiger partial charge in [0.2, 0.25) is 0 Å². The van der Waals surface area contributed by atoms with Gasteiger partial charge in [0.15, 0.2) is 9.84 Å². The molecule has 1 aliphatic heterocycles. The summed E-state index contributed by atoms with van der Waals surface area (Å²) in [7, 11) is -3.01. The molecule has 1 amide bonds. The molecule has 5 nitrogen and oxygen atoms in total. The van der Waals surface area contributed by atoms with E-state index >= 15 is 0 Å². The van der Waals surface area contributed by atoms with E-state index in [4.69, 9.17) is 0 Å². The number of nitrogens with zero attached hydrogens (tertiary/aromatic N) is 2. The van der Waals surface area contributed by atoms with Gasteiger partial charge in [-0.05, 0) is 35.0 Å². The third-order valence-electron chi connectivity index (χ3n) is 2.92. The molecule has 98 valence electrons. The van der Waals surface area contributed by atoms with Gasteiger partial charge in [-0.15, -0.1) is 0 Å². The summed E-state index contributed by atoms with van der Waals surface area (Å²) in [6.45, 7) is 1.99. The smallest absolute Gasteiger partial charge is 0.256 e. The highest BCUT2D eigenvalue weighted by Gasteiger charge is 2.32. The van der Waals surface area contributed by atoms with Crippen LogP contribution in [0.15, 0.2) is 22.9 Å². The standard InChI is InChI=1S/C11H13BrN2O3S/c1-8-7-18(16,17)6-5-14(8)11(15)9-3-2-4-13-10(9)12/h2-4,8H,5-7H2,1H3. The van der Waals surface area contributed by atoms with E-state index in [1.165, 1.54) is 0 Å². The van der Waals surface area contributed by atoms with E-state index in [0.717, 1.165) is 0 Å². The lowest BCUT2D eigenvalue weighted by atomic mass is 10.2. The van der Waals surface area contributed by atoms with Gasteiger partial charge in [-0.2, -0.15) is 0 Å². The maximum Gasteiger partial charge on any atom is 0.256 e. The Balaban J connectivity index is 2.23. The van der Waals surface area contributed by atoms with Crippen LogP contribution in [-0.2, 0) is 9.84 Å². The SMILES string of the molecule is CC1CS(=O)(=O)CCN1C(=O)c1cccnc1Br. The monoisotopic (exact) mass is 332 g/mol. The maximum absolute atomic E-state index is 12.3. The molecule has 18 heavy (non-hydrogen) atoms. The van der Waals surface area contributed by atoms with Crippen molar-refractivity contribution in [2.24, 2.45) is 0 Å². The van der Waals surface area contributed by atoms with Crippen molar-refractivity contribution in [2.45, 2.75) is 13.0 Å². The van der Waals surface area contributed by atoms with Crippen LogP contribution < -0.4 is 0 Å². The molecule has 2 rings (SSSR count). The normalized spacial score (nSPS) is 22.8. The average Bonchev–Trinajstić information content (AvgIpc) is 2.27. The van der Waals surface area contributed by atoms with Crippen molar-refractivity contribution in [1.82, 2.24) is 9.88 Å². The Hall–Kier alpha value is -0.950. The molecule has 0 spiro atoms. The van der Waals surface area contributed by atoms with Crippen molar-refractivity contribution in [3.63, 3.8) is 0 Å². The highest BCUT2D eigenvalue weighted by molar-refractivity contribution is 9.10. The van der Waals surface area contributed by atoms with Gasteiger partial charge in [-0.1, -0.05) is 0 Å². The first kappa shape index (κ1) is 13.5. The summed E-state index contributed by atoms with van der Waals surface area (Å²) < 4.78 is 23.4. The van der Waals surface area contributed by atoms with Gasteiger partial charge in [0.1, 0.15) is 4.60 Å². The van der Waals surface area contributed by atoms with Crippen molar-refractivity contribution >= 4 is 31.7 Å². The number of sulfone groups is 1. The lowest BCUT2D eigenvalue weighted by molar-refractivity contribution is 0.0711. The zero-order valence-corrected chi connectivity index (χ0v) is 12.2. The van der Waals surface area contributed by atoms with Crippen molar-refractivity contribution in [3.05, 3.63) is 28.5 Å². The van der Waals surface area contributed by atoms with Crippen molar-refractivity contribution in [3.8, 4) is 0 Å². The van der Waals surface area contributed by atoms with Gasteiger partial charge >= 0.3 is 0 Å². The van der Waals surface area contributed by atoms with E-state index in [1.807, 2.05) is 0 Å². The Morgan fingerprint density at radius 1 is 1.56 bits per heavy atom. The highest BCUT2D eigenvalue weighted by Crippen LogP contribution is 2.19. The number of hydrogen-bond donors (Lipinski definition) is 0. The van der Waals surface area contributed by atoms with Crippen LogP contribution >= 0.6 is 15.9 Å². The van der Waals surface area contributed by atoms with Crippen LogP contribution in [0.1, 0.15) is 17.3 Å². The Labute approximate surface area is 114 Å². The molecule has 0 bridgehead atoms. The average molecular weight is 333 g/mol. The highest BCUT2D eigenvalue weighted by atomic mass is 79.9. The minimum Gasteiger partial charge on any atom is -0.334 e. The fourth-order valence-corrected chi connectivity index (χ4v) is 3.98. The minimum absolute atomic E-state index is 0.0244. The van der Waals surface area contributed by atoms with Gasteiger partial charge in [0, 0.05) is 18.8 Å². The molecular formula is C11H13BrN2O3S. The van der Waals surface area contributed by atoms with Crippen LogP contribution in [0, 0.1) is 0 Å².